The number of fused-ring (bicyclic) bond motifs is 1. The van der Waals surface area contributed by atoms with E-state index in [0.29, 0.717) is 12.6 Å². The first-order valence-electron chi connectivity index (χ1n) is 6.02. The minimum absolute atomic E-state index is 0.0604. The highest BCUT2D eigenvalue weighted by atomic mass is 16.6. The van der Waals surface area contributed by atoms with Crippen molar-refractivity contribution < 1.29 is 14.3 Å². The van der Waals surface area contributed by atoms with E-state index in [1.165, 1.54) is 0 Å². The summed E-state index contributed by atoms with van der Waals surface area (Å²) in [5, 5.41) is 0. The van der Waals surface area contributed by atoms with Crippen molar-refractivity contribution in [3.63, 3.8) is 0 Å². The van der Waals surface area contributed by atoms with Crippen molar-refractivity contribution in [2.45, 2.75) is 57.8 Å². The highest BCUT2D eigenvalue weighted by Crippen LogP contribution is 2.45. The first-order chi connectivity index (χ1) is 7.36. The van der Waals surface area contributed by atoms with Gasteiger partial charge in [0.2, 0.25) is 0 Å². The van der Waals surface area contributed by atoms with Gasteiger partial charge in [0, 0.05) is 6.54 Å². The molecule has 2 heterocycles. The molecule has 0 unspecified atom stereocenters. The average Bonchev–Trinajstić information content (AvgIpc) is 2.88. The highest BCUT2D eigenvalue weighted by Gasteiger charge is 2.58. The summed E-state index contributed by atoms with van der Waals surface area (Å²) in [6.07, 6.45) is 2.06. The standard InChI is InChI=1S/C12H21NO3/c1-5-12-8-13(7-6-9(12)15-12)10(14)16-11(2,3)4/h9H,5-8H2,1-4H3/t9-,12-/m0/s1. The molecule has 0 aromatic rings. The lowest BCUT2D eigenvalue weighted by atomic mass is 9.96. The molecule has 0 radical (unpaired) electrons. The largest absolute Gasteiger partial charge is 0.444 e. The molecule has 92 valence electrons. The van der Waals surface area contributed by atoms with Gasteiger partial charge in [0.25, 0.3) is 0 Å². The third-order valence-corrected chi connectivity index (χ3v) is 3.28. The van der Waals surface area contributed by atoms with E-state index in [2.05, 4.69) is 6.92 Å². The summed E-state index contributed by atoms with van der Waals surface area (Å²) < 4.78 is 11.0. The molecule has 1 amide bonds. The molecule has 0 spiro atoms. The van der Waals surface area contributed by atoms with Crippen molar-refractivity contribution in [1.82, 2.24) is 4.90 Å². The molecule has 0 saturated carbocycles. The van der Waals surface area contributed by atoms with Crippen LogP contribution in [-0.4, -0.2) is 41.4 Å². The van der Waals surface area contributed by atoms with Crippen LogP contribution < -0.4 is 0 Å². The molecule has 16 heavy (non-hydrogen) atoms. The van der Waals surface area contributed by atoms with Crippen LogP contribution >= 0.6 is 0 Å². The van der Waals surface area contributed by atoms with Gasteiger partial charge in [0.1, 0.15) is 11.2 Å². The van der Waals surface area contributed by atoms with Crippen LogP contribution in [0.25, 0.3) is 0 Å². The van der Waals surface area contributed by atoms with E-state index in [0.717, 1.165) is 19.4 Å². The van der Waals surface area contributed by atoms with Gasteiger partial charge in [0.05, 0.1) is 12.6 Å². The van der Waals surface area contributed by atoms with Crippen molar-refractivity contribution in [3.05, 3.63) is 0 Å². The lowest BCUT2D eigenvalue weighted by Gasteiger charge is -2.31. The number of piperidine rings is 1. The van der Waals surface area contributed by atoms with E-state index in [-0.39, 0.29) is 11.7 Å². The Morgan fingerprint density at radius 1 is 1.56 bits per heavy atom. The molecule has 2 saturated heterocycles. The number of ether oxygens (including phenoxy) is 2. The molecule has 0 aromatic carbocycles. The Labute approximate surface area is 96.9 Å². The lowest BCUT2D eigenvalue weighted by Crippen LogP contribution is -2.46. The number of nitrogens with zero attached hydrogens (tertiary/aromatic N) is 1. The molecule has 2 fully saturated rings. The van der Waals surface area contributed by atoms with Crippen LogP contribution in [0.4, 0.5) is 4.79 Å². The molecule has 2 atom stereocenters. The predicted octanol–water partition coefficient (Wildman–Crippen LogP) is 2.17. The number of likely N-dealkylation sites (tertiary alicyclic amines) is 1. The van der Waals surface area contributed by atoms with E-state index < -0.39 is 5.60 Å². The van der Waals surface area contributed by atoms with Gasteiger partial charge in [0.15, 0.2) is 0 Å². The molecular formula is C12H21NO3. The molecular weight excluding hydrogens is 206 g/mol. The van der Waals surface area contributed by atoms with E-state index in [4.69, 9.17) is 9.47 Å². The molecule has 2 aliphatic rings. The van der Waals surface area contributed by atoms with E-state index in [1.54, 1.807) is 4.90 Å². The highest BCUT2D eigenvalue weighted by molar-refractivity contribution is 5.68. The van der Waals surface area contributed by atoms with Crippen LogP contribution in [0.15, 0.2) is 0 Å². The van der Waals surface area contributed by atoms with Crippen LogP contribution in [0.1, 0.15) is 40.5 Å². The van der Waals surface area contributed by atoms with Crippen LogP contribution in [0.2, 0.25) is 0 Å². The maximum absolute atomic E-state index is 11.9. The molecule has 4 nitrogen and oxygen atoms in total. The fourth-order valence-corrected chi connectivity index (χ4v) is 2.29. The Morgan fingerprint density at radius 2 is 2.25 bits per heavy atom. The number of amides is 1. The van der Waals surface area contributed by atoms with Gasteiger partial charge in [-0.25, -0.2) is 4.79 Å². The van der Waals surface area contributed by atoms with Gasteiger partial charge < -0.3 is 14.4 Å². The minimum Gasteiger partial charge on any atom is -0.444 e. The molecule has 0 aromatic heterocycles. The summed E-state index contributed by atoms with van der Waals surface area (Å²) in [7, 11) is 0. The van der Waals surface area contributed by atoms with Crippen molar-refractivity contribution in [3.8, 4) is 0 Å². The Morgan fingerprint density at radius 3 is 2.81 bits per heavy atom. The molecule has 0 aliphatic carbocycles. The number of carbonyl (C=O) groups excluding carboxylic acids is 1. The number of hydrogen-bond acceptors (Lipinski definition) is 3. The van der Waals surface area contributed by atoms with Gasteiger partial charge in [-0.15, -0.1) is 0 Å². The number of carbonyl (C=O) groups is 1. The van der Waals surface area contributed by atoms with Gasteiger partial charge in [-0.2, -0.15) is 0 Å². The lowest BCUT2D eigenvalue weighted by molar-refractivity contribution is 0.0189. The zero-order valence-corrected chi connectivity index (χ0v) is 10.6. The molecule has 4 heteroatoms. The predicted molar refractivity (Wildman–Crippen MR) is 60.3 cm³/mol. The number of hydrogen-bond donors (Lipinski definition) is 0. The van der Waals surface area contributed by atoms with Crippen molar-refractivity contribution >= 4 is 6.09 Å². The Hall–Kier alpha value is -0.770. The van der Waals surface area contributed by atoms with E-state index in [9.17, 15) is 4.79 Å². The van der Waals surface area contributed by atoms with Gasteiger partial charge in [-0.1, -0.05) is 6.92 Å². The number of rotatable bonds is 1. The SMILES string of the molecule is CC[C@]12CN(C(=O)OC(C)(C)C)CC[C@@H]1O2. The quantitative estimate of drug-likeness (QED) is 0.645. The van der Waals surface area contributed by atoms with Crippen LogP contribution in [-0.2, 0) is 9.47 Å². The second kappa shape index (κ2) is 3.62. The second-order valence-electron chi connectivity index (χ2n) is 5.72. The van der Waals surface area contributed by atoms with Crippen LogP contribution in [0, 0.1) is 0 Å². The molecule has 0 bridgehead atoms. The zero-order chi connectivity index (χ0) is 12.0. The minimum atomic E-state index is -0.419. The van der Waals surface area contributed by atoms with Gasteiger partial charge in [-0.3, -0.25) is 0 Å². The first kappa shape index (κ1) is 11.7. The average molecular weight is 227 g/mol. The maximum Gasteiger partial charge on any atom is 0.410 e. The summed E-state index contributed by atoms with van der Waals surface area (Å²) >= 11 is 0. The summed E-state index contributed by atoms with van der Waals surface area (Å²) in [5.41, 5.74) is -0.479. The molecule has 2 aliphatic heterocycles. The van der Waals surface area contributed by atoms with Gasteiger partial charge in [-0.05, 0) is 33.6 Å². The summed E-state index contributed by atoms with van der Waals surface area (Å²) in [6, 6.07) is 0. The molecule has 2 rings (SSSR count). The van der Waals surface area contributed by atoms with Crippen molar-refractivity contribution in [2.75, 3.05) is 13.1 Å². The Kier molecular flexibility index (Phi) is 2.65. The molecule has 0 N–H and O–H groups in total. The van der Waals surface area contributed by atoms with Crippen LogP contribution in [0.5, 0.6) is 0 Å². The van der Waals surface area contributed by atoms with E-state index in [1.807, 2.05) is 20.8 Å². The summed E-state index contributed by atoms with van der Waals surface area (Å²) in [6.45, 7) is 9.21. The third kappa shape index (κ3) is 2.17. The fraction of sp³-hybridized carbons (Fsp3) is 0.917. The van der Waals surface area contributed by atoms with Crippen LogP contribution in [0.3, 0.4) is 0 Å². The third-order valence-electron chi connectivity index (χ3n) is 3.28. The Bertz CT molecular complexity index is 297. The second-order valence-corrected chi connectivity index (χ2v) is 5.72. The van der Waals surface area contributed by atoms with Crippen molar-refractivity contribution in [1.29, 1.82) is 0 Å². The van der Waals surface area contributed by atoms with Gasteiger partial charge >= 0.3 is 6.09 Å². The zero-order valence-electron chi connectivity index (χ0n) is 10.6. The number of epoxide rings is 1. The van der Waals surface area contributed by atoms with E-state index >= 15 is 0 Å². The maximum atomic E-state index is 11.9. The first-order valence-corrected chi connectivity index (χ1v) is 6.02. The summed E-state index contributed by atoms with van der Waals surface area (Å²) in [4.78, 5) is 13.7. The van der Waals surface area contributed by atoms with Crippen molar-refractivity contribution in [2.24, 2.45) is 0 Å². The fourth-order valence-electron chi connectivity index (χ4n) is 2.29. The topological polar surface area (TPSA) is 42.1 Å². The monoisotopic (exact) mass is 227 g/mol. The smallest absolute Gasteiger partial charge is 0.410 e. The normalized spacial score (nSPS) is 33.2. The Balaban J connectivity index is 1.93. The summed E-state index contributed by atoms with van der Waals surface area (Å²) in [5.74, 6) is 0.